The molecule has 0 unspecified atom stereocenters. The van der Waals surface area contributed by atoms with Gasteiger partial charge in [-0.1, -0.05) is 6.07 Å². The van der Waals surface area contributed by atoms with E-state index >= 15 is 0 Å². The minimum atomic E-state index is -0.323. The van der Waals surface area contributed by atoms with Gasteiger partial charge in [-0.05, 0) is 66.3 Å². The summed E-state index contributed by atoms with van der Waals surface area (Å²) >= 11 is 0. The molecule has 4 rings (SSSR count). The Balaban J connectivity index is 1.63. The van der Waals surface area contributed by atoms with Gasteiger partial charge in [0.05, 0.1) is 0 Å². The van der Waals surface area contributed by atoms with Gasteiger partial charge in [-0.15, -0.1) is 0 Å². The molecule has 2 aromatic rings. The number of allylic oxidation sites excluding steroid dienone is 2. The number of benzene rings is 1. The van der Waals surface area contributed by atoms with E-state index in [9.17, 15) is 14.0 Å². The molecule has 1 aromatic carbocycles. The van der Waals surface area contributed by atoms with E-state index in [-0.39, 0.29) is 23.4 Å². The predicted molar refractivity (Wildman–Crippen MR) is 92.7 cm³/mol. The standard InChI is InChI=1S/C20H17FN2O2/c1-11-2-5-15(21)8-16(11)13-6-14-10-22-19(9-17(14)18(24)7-13)23-20(25)12-3-4-12/h2,5,7-10,12H,3-4,6H2,1H3,(H,22,23,25). The number of ketones is 1. The van der Waals surface area contributed by atoms with E-state index in [0.717, 1.165) is 35.1 Å². The zero-order valence-electron chi connectivity index (χ0n) is 13.8. The molecule has 0 aliphatic heterocycles. The van der Waals surface area contributed by atoms with Gasteiger partial charge in [0.15, 0.2) is 5.78 Å². The predicted octanol–water partition coefficient (Wildman–Crippen LogP) is 3.70. The molecule has 1 heterocycles. The van der Waals surface area contributed by atoms with Crippen LogP contribution in [-0.4, -0.2) is 16.7 Å². The van der Waals surface area contributed by atoms with Crippen molar-refractivity contribution in [3.05, 3.63) is 64.6 Å². The molecule has 0 atom stereocenters. The Bertz CT molecular complexity index is 929. The number of aryl methyl sites for hydroxylation is 1. The number of hydrogen-bond donors (Lipinski definition) is 1. The fraction of sp³-hybridized carbons (Fsp3) is 0.250. The molecule has 1 N–H and O–H groups in total. The Kier molecular flexibility index (Phi) is 3.71. The summed E-state index contributed by atoms with van der Waals surface area (Å²) in [5.41, 5.74) is 3.77. The van der Waals surface area contributed by atoms with E-state index in [1.807, 2.05) is 6.92 Å². The van der Waals surface area contributed by atoms with E-state index < -0.39 is 0 Å². The minimum absolute atomic E-state index is 0.0395. The lowest BCUT2D eigenvalue weighted by Gasteiger charge is -2.18. The Morgan fingerprint density at radius 2 is 2.04 bits per heavy atom. The summed E-state index contributed by atoms with van der Waals surface area (Å²) in [6.45, 7) is 1.89. The summed E-state index contributed by atoms with van der Waals surface area (Å²) in [7, 11) is 0. The molecule has 2 aliphatic carbocycles. The second-order valence-electron chi connectivity index (χ2n) is 6.66. The number of aromatic nitrogens is 1. The maximum absolute atomic E-state index is 13.6. The van der Waals surface area contributed by atoms with Gasteiger partial charge in [0.25, 0.3) is 0 Å². The van der Waals surface area contributed by atoms with Crippen LogP contribution in [0.4, 0.5) is 10.2 Å². The van der Waals surface area contributed by atoms with E-state index in [1.165, 1.54) is 12.1 Å². The quantitative estimate of drug-likeness (QED) is 0.930. The summed E-state index contributed by atoms with van der Waals surface area (Å²) in [5, 5.41) is 2.76. The number of amides is 1. The Morgan fingerprint density at radius 1 is 1.24 bits per heavy atom. The molecule has 1 amide bonds. The van der Waals surface area contributed by atoms with Crippen LogP contribution in [0.2, 0.25) is 0 Å². The van der Waals surface area contributed by atoms with Crippen molar-refractivity contribution in [3.63, 3.8) is 0 Å². The van der Waals surface area contributed by atoms with Crippen molar-refractivity contribution in [3.8, 4) is 0 Å². The van der Waals surface area contributed by atoms with Crippen LogP contribution in [0.15, 0.2) is 36.5 Å². The molecule has 1 saturated carbocycles. The molecule has 0 spiro atoms. The minimum Gasteiger partial charge on any atom is -0.310 e. The van der Waals surface area contributed by atoms with Gasteiger partial charge in [0, 0.05) is 24.1 Å². The first kappa shape index (κ1) is 15.7. The highest BCUT2D eigenvalue weighted by Crippen LogP contribution is 2.32. The van der Waals surface area contributed by atoms with Crippen LogP contribution in [0, 0.1) is 18.7 Å². The molecular formula is C20H17FN2O2. The van der Waals surface area contributed by atoms with Crippen molar-refractivity contribution in [2.75, 3.05) is 5.32 Å². The fourth-order valence-corrected chi connectivity index (χ4v) is 3.10. The molecule has 25 heavy (non-hydrogen) atoms. The molecule has 0 radical (unpaired) electrons. The summed E-state index contributed by atoms with van der Waals surface area (Å²) in [5.74, 6) is -0.0265. The van der Waals surface area contributed by atoms with Crippen LogP contribution in [-0.2, 0) is 11.2 Å². The van der Waals surface area contributed by atoms with Crippen molar-refractivity contribution >= 4 is 23.1 Å². The van der Waals surface area contributed by atoms with Gasteiger partial charge in [-0.3, -0.25) is 9.59 Å². The zero-order chi connectivity index (χ0) is 17.6. The second-order valence-corrected chi connectivity index (χ2v) is 6.66. The third-order valence-corrected chi connectivity index (χ3v) is 4.68. The van der Waals surface area contributed by atoms with Gasteiger partial charge >= 0.3 is 0 Å². The number of rotatable bonds is 3. The first-order valence-electron chi connectivity index (χ1n) is 8.32. The maximum Gasteiger partial charge on any atom is 0.228 e. The second kappa shape index (κ2) is 5.92. The molecule has 126 valence electrons. The van der Waals surface area contributed by atoms with Crippen LogP contribution in [0.5, 0.6) is 0 Å². The highest BCUT2D eigenvalue weighted by atomic mass is 19.1. The molecule has 1 fully saturated rings. The monoisotopic (exact) mass is 336 g/mol. The number of halogens is 1. The number of pyridine rings is 1. The van der Waals surface area contributed by atoms with Crippen molar-refractivity contribution < 1.29 is 14.0 Å². The molecule has 0 bridgehead atoms. The Hall–Kier alpha value is -2.82. The first-order chi connectivity index (χ1) is 12.0. The van der Waals surface area contributed by atoms with Crippen molar-refractivity contribution in [2.45, 2.75) is 26.2 Å². The third kappa shape index (κ3) is 3.09. The molecule has 5 heteroatoms. The fourth-order valence-electron chi connectivity index (χ4n) is 3.10. The van der Waals surface area contributed by atoms with Crippen LogP contribution in [0.1, 0.15) is 39.9 Å². The first-order valence-corrected chi connectivity index (χ1v) is 8.32. The third-order valence-electron chi connectivity index (χ3n) is 4.68. The number of carbonyl (C=O) groups excluding carboxylic acids is 2. The zero-order valence-corrected chi connectivity index (χ0v) is 13.8. The number of nitrogens with zero attached hydrogens (tertiary/aromatic N) is 1. The molecule has 1 aromatic heterocycles. The van der Waals surface area contributed by atoms with Gasteiger partial charge in [-0.25, -0.2) is 9.37 Å². The number of hydrogen-bond acceptors (Lipinski definition) is 3. The maximum atomic E-state index is 13.6. The number of nitrogens with one attached hydrogen (secondary N) is 1. The van der Waals surface area contributed by atoms with E-state index in [2.05, 4.69) is 10.3 Å². The number of fused-ring (bicyclic) bond motifs is 1. The van der Waals surface area contributed by atoms with Gasteiger partial charge in [0.1, 0.15) is 11.6 Å². The number of anilines is 1. The van der Waals surface area contributed by atoms with Gasteiger partial charge in [-0.2, -0.15) is 0 Å². The normalized spacial score (nSPS) is 16.2. The highest BCUT2D eigenvalue weighted by Gasteiger charge is 2.30. The topological polar surface area (TPSA) is 59.1 Å². The Morgan fingerprint density at radius 3 is 2.80 bits per heavy atom. The highest BCUT2D eigenvalue weighted by molar-refractivity contribution is 6.12. The molecule has 2 aliphatic rings. The lowest BCUT2D eigenvalue weighted by Crippen LogP contribution is -2.16. The van der Waals surface area contributed by atoms with Crippen molar-refractivity contribution in [1.29, 1.82) is 0 Å². The van der Waals surface area contributed by atoms with Crippen LogP contribution >= 0.6 is 0 Å². The number of carbonyl (C=O) groups is 2. The lowest BCUT2D eigenvalue weighted by molar-refractivity contribution is -0.117. The summed E-state index contributed by atoms with van der Waals surface area (Å²) in [4.78, 5) is 28.6. The van der Waals surface area contributed by atoms with Gasteiger partial charge in [0.2, 0.25) is 5.91 Å². The summed E-state index contributed by atoms with van der Waals surface area (Å²) in [6, 6.07) is 6.20. The Labute approximate surface area is 144 Å². The van der Waals surface area contributed by atoms with Crippen LogP contribution in [0.3, 0.4) is 0 Å². The largest absolute Gasteiger partial charge is 0.310 e. The SMILES string of the molecule is Cc1ccc(F)cc1C1=CC(=O)c2cc(NC(=O)C3CC3)ncc2C1. The van der Waals surface area contributed by atoms with Gasteiger partial charge < -0.3 is 5.32 Å². The van der Waals surface area contributed by atoms with Crippen LogP contribution < -0.4 is 5.32 Å². The van der Waals surface area contributed by atoms with Crippen molar-refractivity contribution in [1.82, 2.24) is 4.98 Å². The average Bonchev–Trinajstić information content (AvgIpc) is 3.42. The van der Waals surface area contributed by atoms with E-state index in [4.69, 9.17) is 0 Å². The molecule has 4 nitrogen and oxygen atoms in total. The summed E-state index contributed by atoms with van der Waals surface area (Å²) in [6.07, 6.45) is 5.51. The average molecular weight is 336 g/mol. The summed E-state index contributed by atoms with van der Waals surface area (Å²) < 4.78 is 13.6. The smallest absolute Gasteiger partial charge is 0.228 e. The van der Waals surface area contributed by atoms with E-state index in [1.54, 1.807) is 24.4 Å². The lowest BCUT2D eigenvalue weighted by atomic mass is 9.87. The van der Waals surface area contributed by atoms with Crippen molar-refractivity contribution in [2.24, 2.45) is 5.92 Å². The molecular weight excluding hydrogens is 319 g/mol. The van der Waals surface area contributed by atoms with E-state index in [0.29, 0.717) is 17.8 Å². The molecule has 0 saturated heterocycles. The van der Waals surface area contributed by atoms with Crippen LogP contribution in [0.25, 0.3) is 5.57 Å².